The Balaban J connectivity index is 1.16. The Bertz CT molecular complexity index is 1470. The molecule has 4 aliphatic rings. The zero-order valence-electron chi connectivity index (χ0n) is 24.6. The zero-order valence-corrected chi connectivity index (χ0v) is 24.6. The Hall–Kier alpha value is -3.45. The van der Waals surface area contributed by atoms with Crippen LogP contribution >= 0.6 is 0 Å². The van der Waals surface area contributed by atoms with E-state index in [1.165, 1.54) is 34.0 Å². The number of anilines is 2. The molecule has 0 spiro atoms. The van der Waals surface area contributed by atoms with E-state index in [0.29, 0.717) is 31.2 Å². The molecule has 4 aliphatic heterocycles. The number of likely N-dealkylation sites (tertiary alicyclic amines) is 1. The number of aromatic nitrogens is 2. The number of hydrogen-bond donors (Lipinski definition) is 1. The first kappa shape index (κ1) is 27.4. The summed E-state index contributed by atoms with van der Waals surface area (Å²) in [5.74, 6) is 0.990. The lowest BCUT2D eigenvalue weighted by molar-refractivity contribution is 0.0287. The van der Waals surface area contributed by atoms with Gasteiger partial charge in [-0.15, -0.1) is 0 Å². The zero-order chi connectivity index (χ0) is 28.5. The molecule has 3 fully saturated rings. The summed E-state index contributed by atoms with van der Waals surface area (Å²) in [7, 11) is 0. The molecule has 7 rings (SSSR count). The normalized spacial score (nSPS) is 24.0. The third kappa shape index (κ3) is 5.51. The number of aryl methyl sites for hydroxylation is 1. The second kappa shape index (κ2) is 12.0. The molecular weight excluding hydrogens is 526 g/mol. The van der Waals surface area contributed by atoms with Crippen molar-refractivity contribution < 1.29 is 9.47 Å². The predicted octanol–water partition coefficient (Wildman–Crippen LogP) is 3.82. The summed E-state index contributed by atoms with van der Waals surface area (Å²) in [5.41, 5.74) is 4.85. The fourth-order valence-electron chi connectivity index (χ4n) is 7.34. The van der Waals surface area contributed by atoms with Crippen molar-refractivity contribution in [2.24, 2.45) is 0 Å². The molecule has 5 heterocycles. The van der Waals surface area contributed by atoms with Gasteiger partial charge in [0.1, 0.15) is 5.82 Å². The summed E-state index contributed by atoms with van der Waals surface area (Å²) < 4.78 is 12.1. The van der Waals surface area contributed by atoms with Crippen LogP contribution in [0.2, 0.25) is 0 Å². The molecule has 2 bridgehead atoms. The molecule has 3 aromatic rings. The third-order valence-corrected chi connectivity index (χ3v) is 9.40. The van der Waals surface area contributed by atoms with Crippen molar-refractivity contribution in [2.45, 2.75) is 63.8 Å². The Morgan fingerprint density at radius 3 is 2.86 bits per heavy atom. The van der Waals surface area contributed by atoms with E-state index < -0.39 is 0 Å². The van der Waals surface area contributed by atoms with E-state index >= 15 is 0 Å². The van der Waals surface area contributed by atoms with Crippen LogP contribution in [0.5, 0.6) is 6.01 Å². The van der Waals surface area contributed by atoms with E-state index in [2.05, 4.69) is 69.4 Å². The van der Waals surface area contributed by atoms with Crippen molar-refractivity contribution in [2.75, 3.05) is 62.3 Å². The number of nitrogens with one attached hydrogen (secondary N) is 1. The number of fused-ring (bicyclic) bond motifs is 4. The standard InChI is InChI=1S/C33H41N7O2/c1-23-6-2-7-24-8-3-10-30(31(23)24)39-14-4-9-28-29(21-39)36-33(37-32(28)40-16-13-35-25(19-40)11-12-34)41-17-5-15-38-20-27-18-26(38)22-42-27/h2-3,6-8,10,25-27,35H,4-5,9,11,13-22H2,1H3/t25?,26-,27-/m1/s1. The van der Waals surface area contributed by atoms with Gasteiger partial charge in [0.15, 0.2) is 0 Å². The SMILES string of the molecule is Cc1cccc2cccc(N3CCCc4c(nc(OCCCN5C[C@H]6C[C@@H]5CO6)nc4N4CCNC(CC#N)C4)C3)c12. The number of nitriles is 1. The summed E-state index contributed by atoms with van der Waals surface area (Å²) in [6, 6.07) is 16.7. The van der Waals surface area contributed by atoms with E-state index in [1.807, 2.05) is 0 Å². The van der Waals surface area contributed by atoms with E-state index in [-0.39, 0.29) is 6.04 Å². The lowest BCUT2D eigenvalue weighted by atomic mass is 10.0. The maximum absolute atomic E-state index is 9.34. The molecule has 1 aromatic heterocycles. The van der Waals surface area contributed by atoms with Crippen molar-refractivity contribution in [3.05, 3.63) is 53.2 Å². The molecule has 3 atom stereocenters. The van der Waals surface area contributed by atoms with Crippen LogP contribution in [0.3, 0.4) is 0 Å². The number of benzene rings is 2. The molecule has 9 heteroatoms. The quantitative estimate of drug-likeness (QED) is 0.408. The summed E-state index contributed by atoms with van der Waals surface area (Å²) in [4.78, 5) is 17.5. The highest BCUT2D eigenvalue weighted by atomic mass is 16.5. The van der Waals surface area contributed by atoms with E-state index in [1.54, 1.807) is 0 Å². The van der Waals surface area contributed by atoms with Gasteiger partial charge in [-0.3, -0.25) is 4.90 Å². The molecule has 0 aliphatic carbocycles. The van der Waals surface area contributed by atoms with Crippen molar-refractivity contribution in [3.8, 4) is 12.1 Å². The minimum atomic E-state index is 0.138. The predicted molar refractivity (Wildman–Crippen MR) is 164 cm³/mol. The average Bonchev–Trinajstić information content (AvgIpc) is 3.57. The van der Waals surface area contributed by atoms with Crippen LogP contribution in [-0.4, -0.2) is 85.5 Å². The van der Waals surface area contributed by atoms with Crippen LogP contribution < -0.4 is 19.9 Å². The summed E-state index contributed by atoms with van der Waals surface area (Å²) in [5, 5.41) is 15.4. The van der Waals surface area contributed by atoms with Gasteiger partial charge in [0.25, 0.3) is 0 Å². The number of morpholine rings is 1. The number of piperazine rings is 1. The molecule has 0 radical (unpaired) electrons. The second-order valence-electron chi connectivity index (χ2n) is 12.2. The van der Waals surface area contributed by atoms with Gasteiger partial charge >= 0.3 is 6.01 Å². The third-order valence-electron chi connectivity index (χ3n) is 9.40. The largest absolute Gasteiger partial charge is 0.463 e. The van der Waals surface area contributed by atoms with Gasteiger partial charge in [0.05, 0.1) is 44.0 Å². The highest BCUT2D eigenvalue weighted by Crippen LogP contribution is 2.35. The highest BCUT2D eigenvalue weighted by Gasteiger charge is 2.38. The molecule has 1 unspecified atom stereocenters. The first-order valence-electron chi connectivity index (χ1n) is 15.6. The Morgan fingerprint density at radius 2 is 2.02 bits per heavy atom. The van der Waals surface area contributed by atoms with Gasteiger partial charge in [-0.25, -0.2) is 0 Å². The first-order chi connectivity index (χ1) is 20.7. The molecule has 0 amide bonds. The summed E-state index contributed by atoms with van der Waals surface area (Å²) in [6.07, 6.45) is 4.98. The summed E-state index contributed by atoms with van der Waals surface area (Å²) >= 11 is 0. The van der Waals surface area contributed by atoms with Crippen molar-refractivity contribution >= 4 is 22.3 Å². The fraction of sp³-hybridized carbons (Fsp3) is 0.545. The number of nitrogens with zero attached hydrogens (tertiary/aromatic N) is 6. The van der Waals surface area contributed by atoms with Crippen LogP contribution in [0.1, 0.15) is 42.5 Å². The number of hydrogen-bond acceptors (Lipinski definition) is 9. The van der Waals surface area contributed by atoms with Crippen molar-refractivity contribution in [1.29, 1.82) is 5.26 Å². The van der Waals surface area contributed by atoms with Crippen LogP contribution in [0, 0.1) is 18.3 Å². The molecular formula is C33H41N7O2. The van der Waals surface area contributed by atoms with Gasteiger partial charge in [0, 0.05) is 68.0 Å². The summed E-state index contributed by atoms with van der Waals surface area (Å²) in [6.45, 7) is 9.87. The molecule has 42 heavy (non-hydrogen) atoms. The van der Waals surface area contributed by atoms with Crippen molar-refractivity contribution in [3.63, 3.8) is 0 Å². The maximum Gasteiger partial charge on any atom is 0.318 e. The smallest absolute Gasteiger partial charge is 0.318 e. The molecule has 3 saturated heterocycles. The highest BCUT2D eigenvalue weighted by molar-refractivity contribution is 5.96. The molecule has 2 aromatic carbocycles. The van der Waals surface area contributed by atoms with Gasteiger partial charge in [-0.05, 0) is 49.6 Å². The molecule has 1 N–H and O–H groups in total. The maximum atomic E-state index is 9.34. The number of ether oxygens (including phenoxy) is 2. The lowest BCUT2D eigenvalue weighted by Gasteiger charge is -2.35. The monoisotopic (exact) mass is 567 g/mol. The average molecular weight is 568 g/mol. The van der Waals surface area contributed by atoms with Gasteiger partial charge in [-0.2, -0.15) is 15.2 Å². The molecule has 9 nitrogen and oxygen atoms in total. The van der Waals surface area contributed by atoms with Gasteiger partial charge < -0.3 is 24.6 Å². The second-order valence-corrected chi connectivity index (χ2v) is 12.2. The fourth-order valence-corrected chi connectivity index (χ4v) is 7.34. The molecule has 0 saturated carbocycles. The topological polar surface area (TPSA) is 89.8 Å². The molecule has 220 valence electrons. The van der Waals surface area contributed by atoms with Gasteiger partial charge in [0.2, 0.25) is 0 Å². The number of rotatable bonds is 8. The van der Waals surface area contributed by atoms with Crippen LogP contribution in [0.15, 0.2) is 36.4 Å². The minimum absolute atomic E-state index is 0.138. The Labute approximate surface area is 248 Å². The van der Waals surface area contributed by atoms with Crippen LogP contribution in [0.4, 0.5) is 11.5 Å². The van der Waals surface area contributed by atoms with E-state index in [9.17, 15) is 5.26 Å². The van der Waals surface area contributed by atoms with E-state index in [4.69, 9.17) is 19.4 Å². The van der Waals surface area contributed by atoms with E-state index in [0.717, 1.165) is 83.2 Å². The minimum Gasteiger partial charge on any atom is -0.463 e. The first-order valence-corrected chi connectivity index (χ1v) is 15.6. The van der Waals surface area contributed by atoms with Crippen molar-refractivity contribution in [1.82, 2.24) is 20.2 Å². The van der Waals surface area contributed by atoms with Gasteiger partial charge in [-0.1, -0.05) is 30.3 Å². The lowest BCUT2D eigenvalue weighted by Crippen LogP contribution is -2.51. The Morgan fingerprint density at radius 1 is 1.12 bits per heavy atom. The van der Waals surface area contributed by atoms with Crippen LogP contribution in [0.25, 0.3) is 10.8 Å². The van der Waals surface area contributed by atoms with Crippen LogP contribution in [-0.2, 0) is 17.7 Å². The Kier molecular flexibility index (Phi) is 7.85.